The molecule has 15 nitrogen and oxygen atoms in total. The number of aromatic nitrogens is 1. The average molecular weight is 933 g/mol. The highest BCUT2D eigenvalue weighted by molar-refractivity contribution is 8.76. The second-order valence-corrected chi connectivity index (χ2v) is 20.0. The van der Waals surface area contributed by atoms with Gasteiger partial charge in [-0.1, -0.05) is 102 Å². The molecule has 3 rings (SSSR count). The van der Waals surface area contributed by atoms with Gasteiger partial charge in [-0.25, -0.2) is 9.78 Å². The van der Waals surface area contributed by atoms with Gasteiger partial charge in [-0.2, -0.15) is 0 Å². The number of methoxy groups -OCH3 is 2. The van der Waals surface area contributed by atoms with Crippen LogP contribution in [-0.2, 0) is 28.6 Å². The summed E-state index contributed by atoms with van der Waals surface area (Å²) < 4.78 is 17.6. The topological polar surface area (TPSA) is 183 Å². The smallest absolute Gasteiger partial charge is 0.409 e. The molecule has 1 aromatic heterocycles. The van der Waals surface area contributed by atoms with E-state index in [2.05, 4.69) is 15.6 Å². The summed E-state index contributed by atoms with van der Waals surface area (Å²) >= 11 is 0. The van der Waals surface area contributed by atoms with Gasteiger partial charge in [0, 0.05) is 46.8 Å². The lowest BCUT2D eigenvalue weighted by molar-refractivity contribution is -0.147. The molecule has 4 N–H and O–H groups in total. The van der Waals surface area contributed by atoms with Crippen LogP contribution in [0.4, 0.5) is 4.79 Å². The zero-order valence-corrected chi connectivity index (χ0v) is 41.6. The first-order valence-electron chi connectivity index (χ1n) is 22.6. The first-order chi connectivity index (χ1) is 30.4. The van der Waals surface area contributed by atoms with Crippen molar-refractivity contribution < 1.29 is 43.6 Å². The normalized spacial score (nSPS) is 18.9. The van der Waals surface area contributed by atoms with Gasteiger partial charge < -0.3 is 44.4 Å². The van der Waals surface area contributed by atoms with Crippen LogP contribution in [0.1, 0.15) is 92.7 Å². The molecule has 17 heteroatoms. The molecule has 1 aliphatic heterocycles. The summed E-state index contributed by atoms with van der Waals surface area (Å²) in [4.78, 5) is 64.8. The average Bonchev–Trinajstić information content (AvgIpc) is 3.77. The molecule has 2 heterocycles. The number of aliphatic hydroxyl groups excluding tert-OH is 2. The third-order valence-corrected chi connectivity index (χ3v) is 14.7. The summed E-state index contributed by atoms with van der Waals surface area (Å²) in [6.07, 6.45) is -0.253. The van der Waals surface area contributed by atoms with Crippen molar-refractivity contribution in [2.24, 2.45) is 23.7 Å². The Balaban J connectivity index is 1.70. The first-order valence-corrected chi connectivity index (χ1v) is 24.9. The number of nitrogens with zero attached hydrogens (tertiary/aromatic N) is 4. The summed E-state index contributed by atoms with van der Waals surface area (Å²) in [6.45, 7) is 15.8. The third-order valence-electron chi connectivity index (χ3n) is 12.4. The van der Waals surface area contributed by atoms with E-state index in [0.29, 0.717) is 30.7 Å². The molecule has 4 amide bonds. The molecule has 64 heavy (non-hydrogen) atoms. The van der Waals surface area contributed by atoms with E-state index in [1.54, 1.807) is 58.2 Å². The van der Waals surface area contributed by atoms with Crippen LogP contribution in [0.5, 0.6) is 0 Å². The Morgan fingerprint density at radius 3 is 2.16 bits per heavy atom. The fraction of sp³-hybridized carbons (Fsp3) is 0.681. The zero-order chi connectivity index (χ0) is 47.7. The molecular weight excluding hydrogens is 857 g/mol. The Morgan fingerprint density at radius 1 is 0.906 bits per heavy atom. The summed E-state index contributed by atoms with van der Waals surface area (Å²) in [5.41, 5.74) is 0.698. The van der Waals surface area contributed by atoms with Crippen LogP contribution >= 0.6 is 21.6 Å². The summed E-state index contributed by atoms with van der Waals surface area (Å²) in [6, 6.07) is 11.8. The van der Waals surface area contributed by atoms with Gasteiger partial charge >= 0.3 is 6.09 Å². The Kier molecular flexibility index (Phi) is 23.4. The molecule has 0 radical (unpaired) electrons. The molecule has 1 fully saturated rings. The van der Waals surface area contributed by atoms with Crippen LogP contribution in [0.25, 0.3) is 0 Å². The maximum absolute atomic E-state index is 14.6. The number of pyridine rings is 1. The molecule has 0 aliphatic carbocycles. The van der Waals surface area contributed by atoms with Gasteiger partial charge in [0.25, 0.3) is 0 Å². The monoisotopic (exact) mass is 933 g/mol. The molecule has 1 unspecified atom stereocenters. The van der Waals surface area contributed by atoms with Gasteiger partial charge in [0.15, 0.2) is 0 Å². The first kappa shape index (κ1) is 54.9. The minimum atomic E-state index is -1.28. The SMILES string of the molecule is CC[C@H](C)[C@@H]([C@@H](CC(=O)N1CCC[C@H]1[C@H](OC)[C@@H](C)C(=O)N[C@H](C)[C@@H](O)c1ccccc1)OC)N(C)C(=O)[C@@H](NC(O)[C@H](C(C)C)N(C)C(=O)OCCSSc1ccccn1)C(C)C. The van der Waals surface area contributed by atoms with Crippen LogP contribution in [0.3, 0.4) is 0 Å². The van der Waals surface area contributed by atoms with E-state index in [-0.39, 0.29) is 54.5 Å². The lowest BCUT2D eigenvalue weighted by Crippen LogP contribution is -2.62. The number of nitrogens with one attached hydrogen (secondary N) is 2. The number of benzene rings is 1. The number of amides is 4. The van der Waals surface area contributed by atoms with Crippen molar-refractivity contribution in [1.82, 2.24) is 30.3 Å². The fourth-order valence-corrected chi connectivity index (χ4v) is 10.3. The Bertz CT molecular complexity index is 1720. The van der Waals surface area contributed by atoms with Gasteiger partial charge in [0.05, 0.1) is 60.9 Å². The van der Waals surface area contributed by atoms with E-state index in [4.69, 9.17) is 14.2 Å². The highest BCUT2D eigenvalue weighted by atomic mass is 33.1. The van der Waals surface area contributed by atoms with E-state index in [9.17, 15) is 29.4 Å². The minimum absolute atomic E-state index is 0.0119. The van der Waals surface area contributed by atoms with Gasteiger partial charge in [-0.05, 0) is 66.0 Å². The predicted octanol–water partition coefficient (Wildman–Crippen LogP) is 6.01. The van der Waals surface area contributed by atoms with Crippen molar-refractivity contribution >= 4 is 45.4 Å². The number of likely N-dealkylation sites (tertiary alicyclic amines) is 1. The third kappa shape index (κ3) is 15.3. The number of hydrogen-bond donors (Lipinski definition) is 4. The minimum Gasteiger partial charge on any atom is -0.449 e. The Morgan fingerprint density at radius 2 is 1.58 bits per heavy atom. The lowest BCUT2D eigenvalue weighted by atomic mass is 9.89. The number of rotatable bonds is 26. The van der Waals surface area contributed by atoms with Crippen LogP contribution in [0, 0.1) is 23.7 Å². The molecule has 0 saturated carbocycles. The van der Waals surface area contributed by atoms with Gasteiger partial charge in [-0.3, -0.25) is 19.7 Å². The standard InChI is InChI=1S/C47H76N6O9S2/c1-13-31(6)41(36(60-11)28-38(54)53-25-19-22-35(53)43(61-12)32(7)44(56)49-33(8)42(55)34-20-15-14-16-21-34)51(9)46(58)39(29(2)3)50-45(57)40(30(4)5)52(10)47(59)62-26-27-63-64-37-23-17-18-24-48-37/h14-18,20-21,23-24,29-33,35-36,39-43,45,50,55,57H,13,19,22,25-28H2,1-12H3,(H,49,56)/t31-,32+,33+,35-,36+,39-,40-,41-,42+,43+,45?/m0/s1. The van der Waals surface area contributed by atoms with Crippen molar-refractivity contribution in [1.29, 1.82) is 0 Å². The Hall–Kier alpha value is -3.45. The van der Waals surface area contributed by atoms with E-state index in [1.165, 1.54) is 26.5 Å². The summed E-state index contributed by atoms with van der Waals surface area (Å²) in [5, 5.41) is 29.5. The summed E-state index contributed by atoms with van der Waals surface area (Å²) in [7, 11) is 9.41. The van der Waals surface area contributed by atoms with E-state index < -0.39 is 60.7 Å². The number of aliphatic hydroxyl groups is 2. The van der Waals surface area contributed by atoms with E-state index in [1.807, 2.05) is 90.1 Å². The van der Waals surface area contributed by atoms with Crippen molar-refractivity contribution in [2.45, 2.75) is 141 Å². The predicted molar refractivity (Wildman–Crippen MR) is 253 cm³/mol. The number of hydrogen-bond acceptors (Lipinski definition) is 13. The number of likely N-dealkylation sites (N-methyl/N-ethyl adjacent to an activating group) is 2. The van der Waals surface area contributed by atoms with Crippen LogP contribution < -0.4 is 10.6 Å². The number of carbonyl (C=O) groups is 4. The largest absolute Gasteiger partial charge is 0.449 e. The van der Waals surface area contributed by atoms with Crippen LogP contribution in [-0.4, -0.2) is 150 Å². The lowest BCUT2D eigenvalue weighted by Gasteiger charge is -2.42. The van der Waals surface area contributed by atoms with Crippen molar-refractivity contribution in [3.63, 3.8) is 0 Å². The Labute approximate surface area is 389 Å². The molecule has 0 bridgehead atoms. The van der Waals surface area contributed by atoms with E-state index in [0.717, 1.165) is 11.4 Å². The number of ether oxygens (including phenoxy) is 3. The van der Waals surface area contributed by atoms with Gasteiger partial charge in [0.1, 0.15) is 17.9 Å². The second kappa shape index (κ2) is 27.3. The van der Waals surface area contributed by atoms with Crippen molar-refractivity contribution in [3.05, 3.63) is 60.3 Å². The molecular formula is C47H76N6O9S2. The summed E-state index contributed by atoms with van der Waals surface area (Å²) in [5.74, 6) is -1.36. The maximum atomic E-state index is 14.6. The highest BCUT2D eigenvalue weighted by Gasteiger charge is 2.43. The van der Waals surface area contributed by atoms with Crippen LogP contribution in [0.15, 0.2) is 59.8 Å². The molecule has 11 atom stereocenters. The van der Waals surface area contributed by atoms with Crippen molar-refractivity contribution in [3.8, 4) is 0 Å². The fourth-order valence-electron chi connectivity index (χ4n) is 8.64. The molecule has 2 aromatic rings. The molecule has 360 valence electrons. The van der Waals surface area contributed by atoms with E-state index >= 15 is 0 Å². The molecule has 1 saturated heterocycles. The number of carbonyl (C=O) groups excluding carboxylic acids is 4. The van der Waals surface area contributed by atoms with Gasteiger partial charge in [0.2, 0.25) is 17.7 Å². The van der Waals surface area contributed by atoms with Crippen molar-refractivity contribution in [2.75, 3.05) is 47.2 Å². The second-order valence-electron chi connectivity index (χ2n) is 17.6. The van der Waals surface area contributed by atoms with Crippen LogP contribution in [0.2, 0.25) is 0 Å². The molecule has 1 aromatic carbocycles. The molecule has 0 spiro atoms. The molecule has 1 aliphatic rings. The quantitative estimate of drug-likeness (QED) is 0.0490. The van der Waals surface area contributed by atoms with Gasteiger partial charge in [-0.15, -0.1) is 0 Å². The zero-order valence-electron chi connectivity index (χ0n) is 40.0. The highest BCUT2D eigenvalue weighted by Crippen LogP contribution is 2.31. The maximum Gasteiger partial charge on any atom is 0.409 e.